The van der Waals surface area contributed by atoms with Crippen molar-refractivity contribution in [1.29, 1.82) is 0 Å². The van der Waals surface area contributed by atoms with Gasteiger partial charge in [0.1, 0.15) is 0 Å². The van der Waals surface area contributed by atoms with Gasteiger partial charge in [0.25, 0.3) is 5.56 Å². The highest BCUT2D eigenvalue weighted by Crippen LogP contribution is 2.17. The SMILES string of the molecule is O=c1[nH]cc(I)c2ncc(Cl)cc12. The van der Waals surface area contributed by atoms with Gasteiger partial charge in [-0.2, -0.15) is 0 Å². The van der Waals surface area contributed by atoms with Gasteiger partial charge in [0.2, 0.25) is 0 Å². The molecule has 13 heavy (non-hydrogen) atoms. The van der Waals surface area contributed by atoms with Crippen molar-refractivity contribution in [3.63, 3.8) is 0 Å². The zero-order valence-corrected chi connectivity index (χ0v) is 9.26. The van der Waals surface area contributed by atoms with E-state index in [2.05, 4.69) is 32.6 Å². The summed E-state index contributed by atoms with van der Waals surface area (Å²) in [4.78, 5) is 18.0. The number of halogens is 2. The Morgan fingerprint density at radius 3 is 3.08 bits per heavy atom. The first-order chi connectivity index (χ1) is 6.18. The summed E-state index contributed by atoms with van der Waals surface area (Å²) in [5.41, 5.74) is 0.527. The minimum atomic E-state index is -0.162. The lowest BCUT2D eigenvalue weighted by Crippen LogP contribution is -2.06. The topological polar surface area (TPSA) is 45.8 Å². The Balaban J connectivity index is 3.01. The maximum Gasteiger partial charge on any atom is 0.257 e. The monoisotopic (exact) mass is 306 g/mol. The molecule has 0 aliphatic carbocycles. The number of rotatable bonds is 0. The van der Waals surface area contributed by atoms with Gasteiger partial charge in [-0.05, 0) is 28.7 Å². The highest BCUT2D eigenvalue weighted by molar-refractivity contribution is 14.1. The fraction of sp³-hybridized carbons (Fsp3) is 0. The van der Waals surface area contributed by atoms with Crippen LogP contribution in [0.25, 0.3) is 10.9 Å². The second-order valence-electron chi connectivity index (χ2n) is 2.52. The summed E-state index contributed by atoms with van der Waals surface area (Å²) in [6.07, 6.45) is 3.16. The molecule has 5 heteroatoms. The maximum atomic E-state index is 11.3. The molecule has 3 nitrogen and oxygen atoms in total. The molecule has 0 aromatic carbocycles. The number of nitrogens with zero attached hydrogens (tertiary/aromatic N) is 1. The summed E-state index contributed by atoms with van der Waals surface area (Å²) in [5.74, 6) is 0. The number of pyridine rings is 2. The standard InChI is InChI=1S/C8H4ClIN2O/c9-4-1-5-7(11-2-4)6(10)3-12-8(5)13/h1-3H,(H,12,13). The summed E-state index contributed by atoms with van der Waals surface area (Å²) in [5, 5.41) is 0.999. The second kappa shape index (κ2) is 3.26. The van der Waals surface area contributed by atoms with Gasteiger partial charge in [-0.1, -0.05) is 11.6 Å². The molecule has 0 aliphatic rings. The number of hydrogen-bond donors (Lipinski definition) is 1. The van der Waals surface area contributed by atoms with E-state index in [1.54, 1.807) is 12.3 Å². The minimum absolute atomic E-state index is 0.162. The summed E-state index contributed by atoms with van der Waals surface area (Å²) >= 11 is 7.84. The average molecular weight is 306 g/mol. The van der Waals surface area contributed by atoms with Gasteiger partial charge < -0.3 is 4.98 Å². The van der Waals surface area contributed by atoms with E-state index in [4.69, 9.17) is 11.6 Å². The van der Waals surface area contributed by atoms with Gasteiger partial charge in [0, 0.05) is 12.4 Å². The predicted octanol–water partition coefficient (Wildman–Crippen LogP) is 2.18. The number of H-pyrrole nitrogens is 1. The van der Waals surface area contributed by atoms with Crippen molar-refractivity contribution in [3.8, 4) is 0 Å². The van der Waals surface area contributed by atoms with Crippen LogP contribution in [0.1, 0.15) is 0 Å². The van der Waals surface area contributed by atoms with E-state index in [0.29, 0.717) is 15.9 Å². The summed E-state index contributed by atoms with van der Waals surface area (Å²) in [7, 11) is 0. The van der Waals surface area contributed by atoms with Crippen molar-refractivity contribution in [2.75, 3.05) is 0 Å². The lowest BCUT2D eigenvalue weighted by atomic mass is 10.3. The van der Waals surface area contributed by atoms with Gasteiger partial charge in [0.05, 0.1) is 19.5 Å². The quantitative estimate of drug-likeness (QED) is 0.758. The molecule has 0 fully saturated rings. The van der Waals surface area contributed by atoms with Gasteiger partial charge >= 0.3 is 0 Å². The molecule has 2 rings (SSSR count). The Morgan fingerprint density at radius 2 is 2.31 bits per heavy atom. The van der Waals surface area contributed by atoms with Crippen LogP contribution in [0.5, 0.6) is 0 Å². The average Bonchev–Trinajstić information content (AvgIpc) is 2.12. The number of aromatic amines is 1. The lowest BCUT2D eigenvalue weighted by Gasteiger charge is -1.98. The minimum Gasteiger partial charge on any atom is -0.327 e. The fourth-order valence-corrected chi connectivity index (χ4v) is 1.82. The van der Waals surface area contributed by atoms with Crippen molar-refractivity contribution >= 4 is 45.1 Å². The molecular formula is C8H4ClIN2O. The van der Waals surface area contributed by atoms with Crippen molar-refractivity contribution in [1.82, 2.24) is 9.97 Å². The van der Waals surface area contributed by atoms with E-state index in [1.807, 2.05) is 0 Å². The molecule has 0 atom stereocenters. The first-order valence-electron chi connectivity index (χ1n) is 3.51. The molecule has 0 spiro atoms. The van der Waals surface area contributed by atoms with Gasteiger partial charge in [0.15, 0.2) is 0 Å². The molecule has 2 heterocycles. The third-order valence-corrected chi connectivity index (χ3v) is 2.68. The van der Waals surface area contributed by atoms with Crippen LogP contribution in [-0.4, -0.2) is 9.97 Å². The van der Waals surface area contributed by atoms with Crippen molar-refractivity contribution in [2.45, 2.75) is 0 Å². The van der Waals surface area contributed by atoms with Gasteiger partial charge in [-0.3, -0.25) is 9.78 Å². The second-order valence-corrected chi connectivity index (χ2v) is 4.11. The van der Waals surface area contributed by atoms with Crippen molar-refractivity contribution in [2.24, 2.45) is 0 Å². The molecule has 0 saturated carbocycles. The molecule has 0 radical (unpaired) electrons. The van der Waals surface area contributed by atoms with E-state index < -0.39 is 0 Å². The van der Waals surface area contributed by atoms with E-state index in [1.165, 1.54) is 6.20 Å². The van der Waals surface area contributed by atoms with Gasteiger partial charge in [-0.15, -0.1) is 0 Å². The van der Waals surface area contributed by atoms with Crippen LogP contribution >= 0.6 is 34.2 Å². The Bertz CT molecular complexity index is 523. The summed E-state index contributed by atoms with van der Waals surface area (Å²) in [6.45, 7) is 0. The van der Waals surface area contributed by atoms with Crippen LogP contribution in [0.4, 0.5) is 0 Å². The first kappa shape index (κ1) is 8.96. The van der Waals surface area contributed by atoms with E-state index in [9.17, 15) is 4.79 Å². The summed E-state index contributed by atoms with van der Waals surface area (Å²) < 4.78 is 0.906. The first-order valence-corrected chi connectivity index (χ1v) is 4.96. The smallest absolute Gasteiger partial charge is 0.257 e. The van der Waals surface area contributed by atoms with E-state index in [0.717, 1.165) is 3.57 Å². The van der Waals surface area contributed by atoms with Crippen molar-refractivity contribution in [3.05, 3.63) is 37.4 Å². The maximum absolute atomic E-state index is 11.3. The zero-order chi connectivity index (χ0) is 9.42. The molecule has 66 valence electrons. The predicted molar refractivity (Wildman–Crippen MR) is 60.1 cm³/mol. The number of hydrogen-bond acceptors (Lipinski definition) is 2. The Hall–Kier alpha value is -0.620. The molecule has 0 bridgehead atoms. The molecule has 2 aromatic rings. The molecule has 0 unspecified atom stereocenters. The van der Waals surface area contributed by atoms with Gasteiger partial charge in [-0.25, -0.2) is 0 Å². The third kappa shape index (κ3) is 1.55. The van der Waals surface area contributed by atoms with E-state index in [-0.39, 0.29) is 5.56 Å². The summed E-state index contributed by atoms with van der Waals surface area (Å²) in [6, 6.07) is 1.62. The normalized spacial score (nSPS) is 10.6. The van der Waals surface area contributed by atoms with Crippen LogP contribution in [0, 0.1) is 3.57 Å². The Kier molecular flexibility index (Phi) is 2.25. The number of aromatic nitrogens is 2. The number of fused-ring (bicyclic) bond motifs is 1. The van der Waals surface area contributed by atoms with Crippen LogP contribution in [-0.2, 0) is 0 Å². The third-order valence-electron chi connectivity index (χ3n) is 1.66. The molecular weight excluding hydrogens is 302 g/mol. The zero-order valence-electron chi connectivity index (χ0n) is 6.34. The lowest BCUT2D eigenvalue weighted by molar-refractivity contribution is 1.24. The highest BCUT2D eigenvalue weighted by Gasteiger charge is 2.03. The molecule has 0 saturated heterocycles. The largest absolute Gasteiger partial charge is 0.327 e. The van der Waals surface area contributed by atoms with Crippen LogP contribution < -0.4 is 5.56 Å². The molecule has 0 amide bonds. The highest BCUT2D eigenvalue weighted by atomic mass is 127. The Labute approximate surface area is 92.3 Å². The van der Waals surface area contributed by atoms with Crippen LogP contribution in [0.3, 0.4) is 0 Å². The molecule has 0 aliphatic heterocycles. The molecule has 1 N–H and O–H groups in total. The van der Waals surface area contributed by atoms with E-state index >= 15 is 0 Å². The van der Waals surface area contributed by atoms with Crippen LogP contribution in [0.15, 0.2) is 23.3 Å². The van der Waals surface area contributed by atoms with Crippen LogP contribution in [0.2, 0.25) is 5.02 Å². The van der Waals surface area contributed by atoms with Crippen molar-refractivity contribution < 1.29 is 0 Å². The fourth-order valence-electron chi connectivity index (χ4n) is 1.08. The molecule has 2 aromatic heterocycles. The Morgan fingerprint density at radius 1 is 1.54 bits per heavy atom. The number of nitrogens with one attached hydrogen (secondary N) is 1.